The minimum absolute atomic E-state index is 0.164. The summed E-state index contributed by atoms with van der Waals surface area (Å²) in [6, 6.07) is 12.9. The van der Waals surface area contributed by atoms with Crippen molar-refractivity contribution in [2.24, 2.45) is 0 Å². The monoisotopic (exact) mass is 342 g/mol. The highest BCUT2D eigenvalue weighted by atomic mass is 35.5. The van der Waals surface area contributed by atoms with E-state index in [4.69, 9.17) is 16.3 Å². The van der Waals surface area contributed by atoms with Crippen molar-refractivity contribution in [2.75, 3.05) is 12.4 Å². The molecular formula is C18H17ClN3O2+. The molecule has 0 unspecified atom stereocenters. The Labute approximate surface area is 144 Å². The molecule has 0 spiro atoms. The van der Waals surface area contributed by atoms with Crippen LogP contribution >= 0.6 is 11.6 Å². The summed E-state index contributed by atoms with van der Waals surface area (Å²) >= 11 is 5.99. The van der Waals surface area contributed by atoms with Crippen molar-refractivity contribution in [1.82, 2.24) is 4.57 Å². The van der Waals surface area contributed by atoms with Crippen LogP contribution in [0.15, 0.2) is 55.4 Å². The molecule has 1 heterocycles. The van der Waals surface area contributed by atoms with Gasteiger partial charge in [0, 0.05) is 5.02 Å². The third kappa shape index (κ3) is 3.12. The van der Waals surface area contributed by atoms with Crippen LogP contribution in [-0.2, 0) is 11.3 Å². The Morgan fingerprint density at radius 3 is 2.92 bits per heavy atom. The Kier molecular flexibility index (Phi) is 4.53. The van der Waals surface area contributed by atoms with Crippen molar-refractivity contribution in [3.63, 3.8) is 0 Å². The quantitative estimate of drug-likeness (QED) is 0.723. The molecule has 3 aromatic rings. The van der Waals surface area contributed by atoms with Crippen LogP contribution in [0.4, 0.5) is 5.69 Å². The average molecular weight is 343 g/mol. The largest absolute Gasteiger partial charge is 0.495 e. The maximum absolute atomic E-state index is 12.4. The molecule has 0 saturated carbocycles. The second-order valence-electron chi connectivity index (χ2n) is 5.21. The van der Waals surface area contributed by atoms with Gasteiger partial charge in [-0.3, -0.25) is 4.79 Å². The van der Waals surface area contributed by atoms with E-state index in [-0.39, 0.29) is 12.5 Å². The number of hydrogen-bond acceptors (Lipinski definition) is 2. The van der Waals surface area contributed by atoms with Gasteiger partial charge in [0.15, 0.2) is 17.6 Å². The zero-order chi connectivity index (χ0) is 17.1. The van der Waals surface area contributed by atoms with Crippen LogP contribution in [0.3, 0.4) is 0 Å². The Balaban J connectivity index is 1.86. The molecule has 0 saturated heterocycles. The Morgan fingerprint density at radius 2 is 2.17 bits per heavy atom. The normalized spacial score (nSPS) is 10.6. The van der Waals surface area contributed by atoms with Crippen molar-refractivity contribution in [3.8, 4) is 5.75 Å². The zero-order valence-corrected chi connectivity index (χ0v) is 14.0. The molecule has 0 aliphatic carbocycles. The Bertz CT molecular complexity index is 918. The minimum atomic E-state index is -0.174. The van der Waals surface area contributed by atoms with Gasteiger partial charge in [0.1, 0.15) is 5.75 Å². The predicted octanol–water partition coefficient (Wildman–Crippen LogP) is 3.33. The van der Waals surface area contributed by atoms with Gasteiger partial charge in [-0.2, -0.15) is 0 Å². The molecule has 0 aliphatic rings. The van der Waals surface area contributed by atoms with E-state index in [2.05, 4.69) is 11.9 Å². The highest BCUT2D eigenvalue weighted by molar-refractivity contribution is 6.31. The molecule has 0 bridgehead atoms. The van der Waals surface area contributed by atoms with Crippen LogP contribution in [0.25, 0.3) is 17.2 Å². The molecule has 5 nitrogen and oxygen atoms in total. The molecule has 1 aromatic heterocycles. The smallest absolute Gasteiger partial charge is 0.266 e. The van der Waals surface area contributed by atoms with E-state index >= 15 is 0 Å². The maximum Gasteiger partial charge on any atom is 0.266 e. The summed E-state index contributed by atoms with van der Waals surface area (Å²) < 4.78 is 8.99. The molecule has 0 atom stereocenters. The number of nitrogens with one attached hydrogen (secondary N) is 1. The Morgan fingerprint density at radius 1 is 1.38 bits per heavy atom. The molecular weight excluding hydrogens is 326 g/mol. The van der Waals surface area contributed by atoms with Gasteiger partial charge in [-0.1, -0.05) is 30.3 Å². The number of benzene rings is 2. The predicted molar refractivity (Wildman–Crippen MR) is 95.2 cm³/mol. The number of fused-ring (bicyclic) bond motifs is 1. The lowest BCUT2D eigenvalue weighted by Crippen LogP contribution is -2.39. The number of para-hydroxylation sites is 2. The van der Waals surface area contributed by atoms with Crippen molar-refractivity contribution >= 4 is 40.4 Å². The van der Waals surface area contributed by atoms with E-state index in [1.165, 1.54) is 0 Å². The number of anilines is 1. The van der Waals surface area contributed by atoms with Gasteiger partial charge in [0.05, 0.1) is 19.0 Å². The molecule has 3 rings (SSSR count). The van der Waals surface area contributed by atoms with E-state index in [1.807, 2.05) is 39.7 Å². The topological polar surface area (TPSA) is 47.1 Å². The molecule has 122 valence electrons. The summed E-state index contributed by atoms with van der Waals surface area (Å²) in [6.07, 6.45) is 3.54. The molecule has 2 aromatic carbocycles. The van der Waals surface area contributed by atoms with Crippen molar-refractivity contribution < 1.29 is 14.1 Å². The first-order valence-electron chi connectivity index (χ1n) is 7.37. The molecule has 0 fully saturated rings. The van der Waals surface area contributed by atoms with E-state index < -0.39 is 0 Å². The van der Waals surface area contributed by atoms with E-state index in [0.29, 0.717) is 16.5 Å². The summed E-state index contributed by atoms with van der Waals surface area (Å²) in [6.45, 7) is 3.96. The number of carbonyl (C=O) groups excluding carboxylic acids is 1. The summed E-state index contributed by atoms with van der Waals surface area (Å²) in [5.41, 5.74) is 2.48. The highest BCUT2D eigenvalue weighted by Crippen LogP contribution is 2.27. The second-order valence-corrected chi connectivity index (χ2v) is 5.65. The zero-order valence-electron chi connectivity index (χ0n) is 13.2. The molecule has 1 N–H and O–H groups in total. The first-order valence-corrected chi connectivity index (χ1v) is 7.75. The molecule has 6 heteroatoms. The first-order chi connectivity index (χ1) is 11.6. The van der Waals surface area contributed by atoms with Crippen molar-refractivity contribution in [2.45, 2.75) is 6.54 Å². The fourth-order valence-electron chi connectivity index (χ4n) is 2.59. The number of imidazole rings is 1. The number of halogens is 1. The van der Waals surface area contributed by atoms with Crippen LogP contribution in [0, 0.1) is 0 Å². The highest BCUT2D eigenvalue weighted by Gasteiger charge is 2.17. The molecule has 24 heavy (non-hydrogen) atoms. The fourth-order valence-corrected chi connectivity index (χ4v) is 2.77. The molecule has 1 amide bonds. The first kappa shape index (κ1) is 16.1. The van der Waals surface area contributed by atoms with Crippen molar-refractivity contribution in [1.29, 1.82) is 0 Å². The SMILES string of the molecule is C=Cn1c[n+](CC(=O)Nc2cc(Cl)ccc2OC)c2ccccc21. The van der Waals surface area contributed by atoms with Gasteiger partial charge in [0.25, 0.3) is 5.91 Å². The number of hydrogen-bond donors (Lipinski definition) is 1. The lowest BCUT2D eigenvalue weighted by Gasteiger charge is -2.09. The second kappa shape index (κ2) is 6.76. The van der Waals surface area contributed by atoms with E-state index in [9.17, 15) is 4.79 Å². The number of ether oxygens (including phenoxy) is 1. The third-order valence-electron chi connectivity index (χ3n) is 3.68. The van der Waals surface area contributed by atoms with Crippen LogP contribution in [0.5, 0.6) is 5.75 Å². The maximum atomic E-state index is 12.4. The third-order valence-corrected chi connectivity index (χ3v) is 3.91. The average Bonchev–Trinajstić information content (AvgIpc) is 2.93. The van der Waals surface area contributed by atoms with Gasteiger partial charge < -0.3 is 10.1 Å². The fraction of sp³-hybridized carbons (Fsp3) is 0.111. The van der Waals surface area contributed by atoms with Crippen LogP contribution in [0.1, 0.15) is 0 Å². The lowest BCUT2D eigenvalue weighted by molar-refractivity contribution is -0.658. The lowest BCUT2D eigenvalue weighted by atomic mass is 10.3. The summed E-state index contributed by atoms with van der Waals surface area (Å²) in [5, 5.41) is 3.37. The van der Waals surface area contributed by atoms with Gasteiger partial charge in [0.2, 0.25) is 6.33 Å². The Hall–Kier alpha value is -2.79. The standard InChI is InChI=1S/C18H16ClN3O2/c1-3-21-12-22(16-7-5-4-6-15(16)21)11-18(23)20-14-10-13(19)8-9-17(14)24-2/h3-10,12H,1,11H2,2H3/p+1. The van der Waals surface area contributed by atoms with Crippen LogP contribution in [0.2, 0.25) is 5.02 Å². The minimum Gasteiger partial charge on any atom is -0.495 e. The number of amides is 1. The van der Waals surface area contributed by atoms with E-state index in [1.54, 1.807) is 31.5 Å². The van der Waals surface area contributed by atoms with Crippen LogP contribution in [-0.4, -0.2) is 17.6 Å². The summed E-state index contributed by atoms with van der Waals surface area (Å²) in [7, 11) is 1.55. The number of aromatic nitrogens is 2. The number of methoxy groups -OCH3 is 1. The van der Waals surface area contributed by atoms with Crippen molar-refractivity contribution in [3.05, 3.63) is 60.4 Å². The van der Waals surface area contributed by atoms with Gasteiger partial charge in [-0.15, -0.1) is 0 Å². The van der Waals surface area contributed by atoms with Crippen LogP contribution < -0.4 is 14.6 Å². The van der Waals surface area contributed by atoms with Gasteiger partial charge >= 0.3 is 0 Å². The van der Waals surface area contributed by atoms with Gasteiger partial charge in [-0.25, -0.2) is 9.13 Å². The van der Waals surface area contributed by atoms with E-state index in [0.717, 1.165) is 11.0 Å². The molecule has 0 radical (unpaired) electrons. The summed E-state index contributed by atoms with van der Waals surface area (Å²) in [4.78, 5) is 12.4. The van der Waals surface area contributed by atoms with Gasteiger partial charge in [-0.05, 0) is 30.3 Å². The number of nitrogens with zero attached hydrogens (tertiary/aromatic N) is 2. The molecule has 0 aliphatic heterocycles. The number of carbonyl (C=O) groups is 1. The number of rotatable bonds is 5. The summed E-state index contributed by atoms with van der Waals surface area (Å²) in [5.74, 6) is 0.388.